The quantitative estimate of drug-likeness (QED) is 0.386. The highest BCUT2D eigenvalue weighted by Gasteiger charge is 2.52. The molecule has 2 heteroatoms. The van der Waals surface area contributed by atoms with Gasteiger partial charge in [0, 0.05) is 0 Å². The molecule has 0 amide bonds. The molecule has 31 heavy (non-hydrogen) atoms. The van der Waals surface area contributed by atoms with Gasteiger partial charge in [-0.1, -0.05) is 84.9 Å². The van der Waals surface area contributed by atoms with Gasteiger partial charge in [-0.05, 0) is 62.1 Å². The van der Waals surface area contributed by atoms with Crippen molar-refractivity contribution < 1.29 is 5.11 Å². The summed E-state index contributed by atoms with van der Waals surface area (Å²) in [7, 11) is -1.60. The maximum absolute atomic E-state index is 10.3. The van der Waals surface area contributed by atoms with Crippen LogP contribution < -0.4 is 21.0 Å². The Morgan fingerprint density at radius 2 is 0.806 bits per heavy atom. The molecule has 0 unspecified atom stereocenters. The number of para-hydroxylation sites is 1. The summed E-state index contributed by atoms with van der Waals surface area (Å²) in [4.78, 5) is 0. The van der Waals surface area contributed by atoms with Gasteiger partial charge in [0.05, 0.1) is 5.66 Å². The Bertz CT molecular complexity index is 930. The molecule has 0 saturated heterocycles. The maximum atomic E-state index is 10.3. The van der Waals surface area contributed by atoms with E-state index in [1.54, 1.807) is 12.1 Å². The molecule has 1 fully saturated rings. The minimum atomic E-state index is -1.60. The largest absolute Gasteiger partial charge is 0.872 e. The molecule has 1 aliphatic rings. The van der Waals surface area contributed by atoms with Crippen LogP contribution in [0.15, 0.2) is 121 Å². The molecule has 0 spiro atoms. The third-order valence-corrected chi connectivity index (χ3v) is 11.1. The lowest BCUT2D eigenvalue weighted by Crippen LogP contribution is -2.37. The van der Waals surface area contributed by atoms with E-state index in [0.29, 0.717) is 0 Å². The first kappa shape index (κ1) is 21.3. The van der Waals surface area contributed by atoms with Crippen molar-refractivity contribution in [1.82, 2.24) is 0 Å². The van der Waals surface area contributed by atoms with Gasteiger partial charge in [0.1, 0.15) is 23.2 Å². The highest BCUT2D eigenvalue weighted by Crippen LogP contribution is 2.63. The average molecular weight is 425 g/mol. The summed E-state index contributed by atoms with van der Waals surface area (Å²) in [6.07, 6.45) is 5.46. The summed E-state index contributed by atoms with van der Waals surface area (Å²) in [6, 6.07) is 42.2. The molecule has 0 heterocycles. The normalized spacial score (nSPS) is 13.9. The second-order valence-electron chi connectivity index (χ2n) is 7.98. The molecule has 1 aliphatic carbocycles. The molecule has 0 radical (unpaired) electrons. The van der Waals surface area contributed by atoms with Crippen molar-refractivity contribution in [3.8, 4) is 5.75 Å². The molecule has 4 aromatic rings. The highest BCUT2D eigenvalue weighted by atomic mass is 31.2. The average Bonchev–Trinajstić information content (AvgIpc) is 3.38. The van der Waals surface area contributed by atoms with E-state index in [2.05, 4.69) is 91.0 Å². The molecule has 156 valence electrons. The zero-order valence-electron chi connectivity index (χ0n) is 17.8. The smallest absolute Gasteiger partial charge is 0.115 e. The molecule has 1 nitrogen and oxygen atoms in total. The fourth-order valence-electron chi connectivity index (χ4n) is 4.78. The van der Waals surface area contributed by atoms with Gasteiger partial charge in [-0.15, -0.1) is 5.75 Å². The Hall–Kier alpha value is -2.89. The van der Waals surface area contributed by atoms with Crippen LogP contribution in [0, 0.1) is 0 Å². The standard InChI is InChI=1S/C23H24P.C6H6O/c1-4-12-20(13-5-1)24(23-18-10-11-19-23,21-14-6-2-7-15-21)22-16-8-3-9-17-22;7-6-4-2-1-3-5-6/h1-9,12-17,23H,10-11,18-19H2;1-5,7H/q+1;/p-1. The van der Waals surface area contributed by atoms with E-state index in [-0.39, 0.29) is 5.75 Å². The van der Waals surface area contributed by atoms with Crippen LogP contribution in [0.1, 0.15) is 25.7 Å². The van der Waals surface area contributed by atoms with Gasteiger partial charge in [-0.3, -0.25) is 0 Å². The zero-order chi connectivity index (χ0) is 21.4. The van der Waals surface area contributed by atoms with Crippen LogP contribution in [0.4, 0.5) is 0 Å². The van der Waals surface area contributed by atoms with E-state index in [1.165, 1.54) is 53.7 Å². The fraction of sp³-hybridized carbons (Fsp3) is 0.172. The third-order valence-electron chi connectivity index (χ3n) is 6.11. The van der Waals surface area contributed by atoms with Gasteiger partial charge in [0.15, 0.2) is 0 Å². The van der Waals surface area contributed by atoms with Crippen molar-refractivity contribution in [2.45, 2.75) is 31.3 Å². The lowest BCUT2D eigenvalue weighted by atomic mass is 10.3. The predicted molar refractivity (Wildman–Crippen MR) is 133 cm³/mol. The second-order valence-corrected chi connectivity index (χ2v) is 11.7. The summed E-state index contributed by atoms with van der Waals surface area (Å²) >= 11 is 0. The van der Waals surface area contributed by atoms with Crippen molar-refractivity contribution in [1.29, 1.82) is 0 Å². The SMILES string of the molecule is [O-]c1ccccc1.c1ccc([P+](c2ccccc2)(c2ccccc2)C2CCCC2)cc1. The molecular formula is C29H29OP. The van der Waals surface area contributed by atoms with Gasteiger partial charge in [0.2, 0.25) is 0 Å². The Morgan fingerprint density at radius 1 is 0.484 bits per heavy atom. The molecule has 0 aromatic heterocycles. The monoisotopic (exact) mass is 424 g/mol. The first-order valence-electron chi connectivity index (χ1n) is 11.1. The lowest BCUT2D eigenvalue weighted by molar-refractivity contribution is -0.268. The second kappa shape index (κ2) is 10.4. The van der Waals surface area contributed by atoms with Gasteiger partial charge in [0.25, 0.3) is 0 Å². The number of hydrogen-bond acceptors (Lipinski definition) is 1. The van der Waals surface area contributed by atoms with Crippen LogP contribution in [0.25, 0.3) is 0 Å². The molecule has 5 rings (SSSR count). The Balaban J connectivity index is 0.000000282. The number of hydrogen-bond donors (Lipinski definition) is 0. The number of rotatable bonds is 4. The molecule has 0 aliphatic heterocycles. The van der Waals surface area contributed by atoms with Crippen molar-refractivity contribution >= 4 is 23.2 Å². The number of benzene rings is 4. The predicted octanol–water partition coefficient (Wildman–Crippen LogP) is 5.68. The summed E-state index contributed by atoms with van der Waals surface area (Å²) in [6.45, 7) is 0. The molecule has 0 bridgehead atoms. The van der Waals surface area contributed by atoms with Crippen molar-refractivity contribution in [3.05, 3.63) is 121 Å². The van der Waals surface area contributed by atoms with E-state index >= 15 is 0 Å². The zero-order valence-corrected chi connectivity index (χ0v) is 18.7. The van der Waals surface area contributed by atoms with Crippen LogP contribution in [-0.2, 0) is 0 Å². The van der Waals surface area contributed by atoms with E-state index < -0.39 is 7.26 Å². The van der Waals surface area contributed by atoms with Crippen LogP contribution in [0.2, 0.25) is 0 Å². The Labute approximate surface area is 186 Å². The summed E-state index contributed by atoms with van der Waals surface area (Å²) in [5.41, 5.74) is 0.768. The van der Waals surface area contributed by atoms with Crippen molar-refractivity contribution in [2.24, 2.45) is 0 Å². The topological polar surface area (TPSA) is 23.1 Å². The van der Waals surface area contributed by atoms with E-state index in [0.717, 1.165) is 5.66 Å². The van der Waals surface area contributed by atoms with Gasteiger partial charge in [-0.2, -0.15) is 0 Å². The van der Waals surface area contributed by atoms with E-state index in [1.807, 2.05) is 6.07 Å². The minimum absolute atomic E-state index is 0.0718. The van der Waals surface area contributed by atoms with Gasteiger partial charge < -0.3 is 5.11 Å². The van der Waals surface area contributed by atoms with Crippen molar-refractivity contribution in [3.63, 3.8) is 0 Å². The molecule has 0 N–H and O–H groups in total. The molecule has 1 saturated carbocycles. The third kappa shape index (κ3) is 4.73. The first-order valence-corrected chi connectivity index (χ1v) is 13.0. The minimum Gasteiger partial charge on any atom is -0.872 e. The summed E-state index contributed by atoms with van der Waals surface area (Å²) in [5.74, 6) is 0.0718. The Kier molecular flexibility index (Phi) is 7.18. The summed E-state index contributed by atoms with van der Waals surface area (Å²) < 4.78 is 0. The van der Waals surface area contributed by atoms with Crippen LogP contribution in [0.3, 0.4) is 0 Å². The van der Waals surface area contributed by atoms with Crippen LogP contribution in [-0.4, -0.2) is 5.66 Å². The highest BCUT2D eigenvalue weighted by molar-refractivity contribution is 7.96. The lowest BCUT2D eigenvalue weighted by Gasteiger charge is -2.32. The Morgan fingerprint density at radius 3 is 1.10 bits per heavy atom. The fourth-order valence-corrected chi connectivity index (χ4v) is 10.0. The first-order chi connectivity index (χ1) is 15.3. The van der Waals surface area contributed by atoms with Crippen LogP contribution in [0.5, 0.6) is 5.75 Å². The summed E-state index contributed by atoms with van der Waals surface area (Å²) in [5, 5.41) is 14.9. The molecule has 4 aromatic carbocycles. The van der Waals surface area contributed by atoms with E-state index in [4.69, 9.17) is 0 Å². The van der Waals surface area contributed by atoms with Gasteiger partial charge >= 0.3 is 0 Å². The molecule has 0 atom stereocenters. The van der Waals surface area contributed by atoms with E-state index in [9.17, 15) is 5.11 Å². The molecular weight excluding hydrogens is 395 g/mol. The maximum Gasteiger partial charge on any atom is 0.115 e. The van der Waals surface area contributed by atoms with Crippen molar-refractivity contribution in [2.75, 3.05) is 0 Å². The van der Waals surface area contributed by atoms with Gasteiger partial charge in [-0.25, -0.2) is 0 Å². The van der Waals surface area contributed by atoms with Crippen LogP contribution >= 0.6 is 7.26 Å².